The second-order valence-corrected chi connectivity index (χ2v) is 5.53. The minimum atomic E-state index is 0. The van der Waals surface area contributed by atoms with E-state index in [-0.39, 0.29) is 35.8 Å². The van der Waals surface area contributed by atoms with Crippen molar-refractivity contribution in [2.75, 3.05) is 46.9 Å². The molecule has 21 heavy (non-hydrogen) atoms. The van der Waals surface area contributed by atoms with Gasteiger partial charge in [0.05, 0.1) is 6.61 Å². The number of aliphatic imine (C=N–C) groups is 1. The maximum atomic E-state index is 11.4. The van der Waals surface area contributed by atoms with Gasteiger partial charge in [-0.2, -0.15) is 0 Å². The van der Waals surface area contributed by atoms with Gasteiger partial charge in [0.1, 0.15) is 0 Å². The lowest BCUT2D eigenvalue weighted by atomic mass is 10.1. The van der Waals surface area contributed by atoms with Crippen molar-refractivity contribution < 1.29 is 9.53 Å². The summed E-state index contributed by atoms with van der Waals surface area (Å²) >= 11 is 0. The number of halogens is 1. The number of ether oxygens (including phenoxy) is 1. The molecule has 0 aliphatic carbocycles. The summed E-state index contributed by atoms with van der Waals surface area (Å²) in [6.45, 7) is 7.71. The first-order chi connectivity index (χ1) is 9.54. The van der Waals surface area contributed by atoms with E-state index in [0.29, 0.717) is 19.0 Å². The SMILES string of the molecule is CN=C(NCCNC(=O)C(C)C)N(C)CC1CCOC1.I. The normalized spacial score (nSPS) is 18.3. The minimum absolute atomic E-state index is 0. The zero-order valence-corrected chi connectivity index (χ0v) is 15.8. The van der Waals surface area contributed by atoms with E-state index in [4.69, 9.17) is 4.74 Å². The predicted molar refractivity (Wildman–Crippen MR) is 96.2 cm³/mol. The highest BCUT2D eigenvalue weighted by molar-refractivity contribution is 14.0. The third-order valence-electron chi connectivity index (χ3n) is 3.36. The van der Waals surface area contributed by atoms with E-state index in [0.717, 1.165) is 32.1 Å². The Kier molecular flexibility index (Phi) is 10.8. The molecule has 1 fully saturated rings. The van der Waals surface area contributed by atoms with E-state index in [1.807, 2.05) is 20.9 Å². The fraction of sp³-hybridized carbons (Fsp3) is 0.857. The number of rotatable bonds is 6. The number of nitrogens with zero attached hydrogens (tertiary/aromatic N) is 2. The molecule has 0 aromatic heterocycles. The second-order valence-electron chi connectivity index (χ2n) is 5.53. The molecule has 1 rings (SSSR count). The van der Waals surface area contributed by atoms with Gasteiger partial charge in [0.15, 0.2) is 5.96 Å². The summed E-state index contributed by atoms with van der Waals surface area (Å²) in [5.74, 6) is 1.55. The Morgan fingerprint density at radius 2 is 2.05 bits per heavy atom. The van der Waals surface area contributed by atoms with Crippen molar-refractivity contribution in [2.24, 2.45) is 16.8 Å². The monoisotopic (exact) mass is 412 g/mol. The van der Waals surface area contributed by atoms with Gasteiger partial charge in [-0.1, -0.05) is 13.8 Å². The number of guanidine groups is 1. The van der Waals surface area contributed by atoms with Gasteiger partial charge < -0.3 is 20.3 Å². The number of hydrogen-bond acceptors (Lipinski definition) is 3. The number of nitrogens with one attached hydrogen (secondary N) is 2. The molecule has 0 aromatic carbocycles. The molecule has 6 nitrogen and oxygen atoms in total. The Hall–Kier alpha value is -0.570. The molecule has 0 saturated carbocycles. The molecule has 1 atom stereocenters. The van der Waals surface area contributed by atoms with Gasteiger partial charge in [-0.15, -0.1) is 24.0 Å². The summed E-state index contributed by atoms with van der Waals surface area (Å²) in [6, 6.07) is 0. The molecule has 1 heterocycles. The fourth-order valence-corrected chi connectivity index (χ4v) is 2.15. The molecule has 124 valence electrons. The van der Waals surface area contributed by atoms with Crippen LogP contribution in [0.25, 0.3) is 0 Å². The Labute approximate surface area is 145 Å². The van der Waals surface area contributed by atoms with E-state index in [1.165, 1.54) is 0 Å². The molecule has 0 aromatic rings. The smallest absolute Gasteiger partial charge is 0.222 e. The third-order valence-corrected chi connectivity index (χ3v) is 3.36. The molecular formula is C14H29IN4O2. The van der Waals surface area contributed by atoms with Crippen molar-refractivity contribution in [3.05, 3.63) is 0 Å². The van der Waals surface area contributed by atoms with Crippen molar-refractivity contribution in [1.29, 1.82) is 0 Å². The Balaban J connectivity index is 0.00000400. The van der Waals surface area contributed by atoms with Gasteiger partial charge in [-0.05, 0) is 6.42 Å². The molecule has 0 radical (unpaired) electrons. The van der Waals surface area contributed by atoms with Crippen LogP contribution >= 0.6 is 24.0 Å². The molecular weight excluding hydrogens is 383 g/mol. The van der Waals surface area contributed by atoms with Crippen LogP contribution in [-0.4, -0.2) is 63.7 Å². The van der Waals surface area contributed by atoms with Gasteiger partial charge in [-0.3, -0.25) is 9.79 Å². The Morgan fingerprint density at radius 3 is 2.57 bits per heavy atom. The third kappa shape index (κ3) is 7.85. The van der Waals surface area contributed by atoms with Crippen LogP contribution in [0.3, 0.4) is 0 Å². The van der Waals surface area contributed by atoms with Crippen LogP contribution in [0.15, 0.2) is 4.99 Å². The molecule has 0 spiro atoms. The summed E-state index contributed by atoms with van der Waals surface area (Å²) in [5, 5.41) is 6.14. The molecule has 1 unspecified atom stereocenters. The first-order valence-corrected chi connectivity index (χ1v) is 7.31. The standard InChI is InChI=1S/C14H28N4O2.HI/c1-11(2)13(19)16-6-7-17-14(15-3)18(4)9-12-5-8-20-10-12;/h11-12H,5-10H2,1-4H3,(H,15,17)(H,16,19);1H. The van der Waals surface area contributed by atoms with E-state index >= 15 is 0 Å². The van der Waals surface area contributed by atoms with Crippen LogP contribution < -0.4 is 10.6 Å². The lowest BCUT2D eigenvalue weighted by Gasteiger charge is -2.24. The van der Waals surface area contributed by atoms with Crippen molar-refractivity contribution >= 4 is 35.8 Å². The Bertz CT molecular complexity index is 331. The lowest BCUT2D eigenvalue weighted by molar-refractivity contribution is -0.123. The van der Waals surface area contributed by atoms with E-state index in [2.05, 4.69) is 20.5 Å². The minimum Gasteiger partial charge on any atom is -0.381 e. The number of carbonyl (C=O) groups is 1. The Morgan fingerprint density at radius 1 is 1.38 bits per heavy atom. The van der Waals surface area contributed by atoms with Crippen molar-refractivity contribution in [3.63, 3.8) is 0 Å². The second kappa shape index (κ2) is 11.1. The number of carbonyl (C=O) groups excluding carboxylic acids is 1. The predicted octanol–water partition coefficient (Wildman–Crippen LogP) is 0.920. The van der Waals surface area contributed by atoms with Crippen LogP contribution in [0, 0.1) is 11.8 Å². The molecule has 2 N–H and O–H groups in total. The van der Waals surface area contributed by atoms with Gasteiger partial charge in [-0.25, -0.2) is 0 Å². The average Bonchev–Trinajstić information content (AvgIpc) is 2.91. The van der Waals surface area contributed by atoms with Crippen LogP contribution in [0.4, 0.5) is 0 Å². The summed E-state index contributed by atoms with van der Waals surface area (Å²) < 4.78 is 5.38. The highest BCUT2D eigenvalue weighted by Gasteiger charge is 2.18. The summed E-state index contributed by atoms with van der Waals surface area (Å²) in [6.07, 6.45) is 1.12. The first kappa shape index (κ1) is 20.4. The maximum Gasteiger partial charge on any atom is 0.222 e. The van der Waals surface area contributed by atoms with Crippen LogP contribution in [0.2, 0.25) is 0 Å². The van der Waals surface area contributed by atoms with E-state index in [1.54, 1.807) is 7.05 Å². The summed E-state index contributed by atoms with van der Waals surface area (Å²) in [5.41, 5.74) is 0. The molecule has 1 saturated heterocycles. The van der Waals surface area contributed by atoms with Gasteiger partial charge >= 0.3 is 0 Å². The molecule has 7 heteroatoms. The van der Waals surface area contributed by atoms with Gasteiger partial charge in [0.2, 0.25) is 5.91 Å². The molecule has 0 bridgehead atoms. The summed E-state index contributed by atoms with van der Waals surface area (Å²) in [7, 11) is 3.80. The summed E-state index contributed by atoms with van der Waals surface area (Å²) in [4.78, 5) is 17.8. The van der Waals surface area contributed by atoms with Crippen molar-refractivity contribution in [3.8, 4) is 0 Å². The highest BCUT2D eigenvalue weighted by Crippen LogP contribution is 2.13. The number of hydrogen-bond donors (Lipinski definition) is 2. The maximum absolute atomic E-state index is 11.4. The van der Waals surface area contributed by atoms with Gasteiger partial charge in [0.25, 0.3) is 0 Å². The van der Waals surface area contributed by atoms with Crippen LogP contribution in [0.5, 0.6) is 0 Å². The fourth-order valence-electron chi connectivity index (χ4n) is 2.15. The largest absolute Gasteiger partial charge is 0.381 e. The first-order valence-electron chi connectivity index (χ1n) is 7.31. The quantitative estimate of drug-likeness (QED) is 0.295. The topological polar surface area (TPSA) is 66.0 Å². The van der Waals surface area contributed by atoms with Crippen molar-refractivity contribution in [1.82, 2.24) is 15.5 Å². The number of amides is 1. The van der Waals surface area contributed by atoms with E-state index in [9.17, 15) is 4.79 Å². The van der Waals surface area contributed by atoms with E-state index < -0.39 is 0 Å². The lowest BCUT2D eigenvalue weighted by Crippen LogP contribution is -2.44. The van der Waals surface area contributed by atoms with Crippen molar-refractivity contribution in [2.45, 2.75) is 20.3 Å². The highest BCUT2D eigenvalue weighted by atomic mass is 127. The molecule has 1 aliphatic rings. The van der Waals surface area contributed by atoms with Crippen LogP contribution in [0.1, 0.15) is 20.3 Å². The van der Waals surface area contributed by atoms with Gasteiger partial charge in [0, 0.05) is 52.2 Å². The zero-order valence-electron chi connectivity index (χ0n) is 13.5. The average molecular weight is 412 g/mol. The molecule has 1 aliphatic heterocycles. The van der Waals surface area contributed by atoms with Crippen LogP contribution in [-0.2, 0) is 9.53 Å². The molecule has 1 amide bonds. The zero-order chi connectivity index (χ0) is 15.0.